The molecule has 176 valence electrons. The molecule has 3 N–H and O–H groups in total. The van der Waals surface area contributed by atoms with E-state index in [1.165, 1.54) is 0 Å². The van der Waals surface area contributed by atoms with Gasteiger partial charge in [0.1, 0.15) is 11.6 Å². The molecule has 4 rings (SSSR count). The minimum atomic E-state index is -0.0782. The average Bonchev–Trinajstić information content (AvgIpc) is 3.54. The summed E-state index contributed by atoms with van der Waals surface area (Å²) >= 11 is 0. The number of furan rings is 2. The summed E-state index contributed by atoms with van der Waals surface area (Å²) in [4.78, 5) is 9.12. The number of fused-ring (bicyclic) bond motifs is 1. The van der Waals surface area contributed by atoms with Crippen LogP contribution in [0.5, 0.6) is 5.75 Å². The Kier molecular flexibility index (Phi) is 8.75. The van der Waals surface area contributed by atoms with E-state index in [1.54, 1.807) is 6.26 Å². The van der Waals surface area contributed by atoms with Crippen molar-refractivity contribution in [2.45, 2.75) is 33.2 Å². The highest BCUT2D eigenvalue weighted by Gasteiger charge is 2.15. The fourth-order valence-corrected chi connectivity index (χ4v) is 3.33. The molecule has 3 heterocycles. The summed E-state index contributed by atoms with van der Waals surface area (Å²) in [5.41, 5.74) is 0.762. The Balaban J connectivity index is 0.00000306. The molecule has 0 fully saturated rings. The molecule has 3 aromatic heterocycles. The summed E-state index contributed by atoms with van der Waals surface area (Å²) in [6.07, 6.45) is 2.23. The molecule has 1 aromatic carbocycles. The van der Waals surface area contributed by atoms with Crippen LogP contribution in [0.4, 0.5) is 0 Å². The fraction of sp³-hybridized carbons (Fsp3) is 0.348. The van der Waals surface area contributed by atoms with Gasteiger partial charge in [-0.2, -0.15) is 5.10 Å². The number of para-hydroxylation sites is 1. The van der Waals surface area contributed by atoms with Crippen molar-refractivity contribution in [1.29, 1.82) is 0 Å². The van der Waals surface area contributed by atoms with Crippen LogP contribution in [0.25, 0.3) is 22.6 Å². The lowest BCUT2D eigenvalue weighted by Crippen LogP contribution is -2.38. The van der Waals surface area contributed by atoms with Crippen LogP contribution < -0.4 is 15.4 Å². The van der Waals surface area contributed by atoms with Crippen molar-refractivity contribution in [3.8, 4) is 17.3 Å². The second kappa shape index (κ2) is 11.7. The number of nitrogens with zero attached hydrogens (tertiary/aromatic N) is 3. The third kappa shape index (κ3) is 6.06. The highest BCUT2D eigenvalue weighted by atomic mass is 127. The van der Waals surface area contributed by atoms with Crippen LogP contribution in [0, 0.1) is 0 Å². The predicted octanol–water partition coefficient (Wildman–Crippen LogP) is 4.69. The van der Waals surface area contributed by atoms with E-state index in [9.17, 15) is 0 Å². The Morgan fingerprint density at radius 3 is 2.88 bits per heavy atom. The van der Waals surface area contributed by atoms with Crippen LogP contribution in [0.15, 0.2) is 56.5 Å². The van der Waals surface area contributed by atoms with Gasteiger partial charge in [-0.15, -0.1) is 24.0 Å². The fourth-order valence-electron chi connectivity index (χ4n) is 3.33. The number of rotatable bonds is 9. The first kappa shape index (κ1) is 24.6. The van der Waals surface area contributed by atoms with Gasteiger partial charge in [0.25, 0.3) is 0 Å². The number of benzene rings is 1. The van der Waals surface area contributed by atoms with E-state index < -0.39 is 0 Å². The first-order valence-corrected chi connectivity index (χ1v) is 10.8. The maximum absolute atomic E-state index is 6.10. The first-order valence-electron chi connectivity index (χ1n) is 10.8. The van der Waals surface area contributed by atoms with Gasteiger partial charge in [-0.1, -0.05) is 12.1 Å². The lowest BCUT2D eigenvalue weighted by molar-refractivity contribution is 0.336. The molecule has 9 nitrogen and oxygen atoms in total. The molecular weight excluding hydrogens is 535 g/mol. The highest BCUT2D eigenvalue weighted by Crippen LogP contribution is 2.31. The van der Waals surface area contributed by atoms with Crippen LogP contribution >= 0.6 is 24.0 Å². The maximum atomic E-state index is 6.10. The Bertz CT molecular complexity index is 1170. The first-order chi connectivity index (χ1) is 15.7. The van der Waals surface area contributed by atoms with Gasteiger partial charge in [0.2, 0.25) is 5.82 Å². The molecule has 33 heavy (non-hydrogen) atoms. The predicted molar refractivity (Wildman–Crippen MR) is 138 cm³/mol. The number of hydrogen-bond acceptors (Lipinski definition) is 6. The molecule has 4 aromatic rings. The van der Waals surface area contributed by atoms with Gasteiger partial charge in [0.15, 0.2) is 23.1 Å². The zero-order valence-corrected chi connectivity index (χ0v) is 21.3. The molecule has 0 spiro atoms. The van der Waals surface area contributed by atoms with Crippen LogP contribution in [-0.4, -0.2) is 40.8 Å². The van der Waals surface area contributed by atoms with Crippen molar-refractivity contribution < 1.29 is 13.6 Å². The summed E-state index contributed by atoms with van der Waals surface area (Å²) in [6, 6.07) is 11.5. The van der Waals surface area contributed by atoms with Crippen LogP contribution in [0.2, 0.25) is 0 Å². The quantitative estimate of drug-likeness (QED) is 0.154. The third-order valence-electron chi connectivity index (χ3n) is 4.84. The van der Waals surface area contributed by atoms with E-state index in [2.05, 4.69) is 30.8 Å². The van der Waals surface area contributed by atoms with Crippen molar-refractivity contribution in [2.75, 3.05) is 19.7 Å². The van der Waals surface area contributed by atoms with Crippen molar-refractivity contribution in [3.63, 3.8) is 0 Å². The average molecular weight is 564 g/mol. The van der Waals surface area contributed by atoms with Gasteiger partial charge in [0.05, 0.1) is 18.9 Å². The Labute approximate surface area is 209 Å². The van der Waals surface area contributed by atoms with Gasteiger partial charge in [-0.05, 0) is 45.0 Å². The molecule has 0 saturated carbocycles. The van der Waals surface area contributed by atoms with Crippen molar-refractivity contribution in [1.82, 2.24) is 25.8 Å². The van der Waals surface area contributed by atoms with E-state index in [1.807, 2.05) is 57.2 Å². The lowest BCUT2D eigenvalue weighted by Gasteiger charge is -2.16. The minimum absolute atomic E-state index is 0. The Morgan fingerprint density at radius 2 is 2.12 bits per heavy atom. The molecule has 0 aliphatic heterocycles. The second-order valence-electron chi connectivity index (χ2n) is 7.22. The summed E-state index contributed by atoms with van der Waals surface area (Å²) in [5.74, 6) is 4.21. The minimum Gasteiger partial charge on any atom is -0.490 e. The van der Waals surface area contributed by atoms with E-state index >= 15 is 0 Å². The van der Waals surface area contributed by atoms with Gasteiger partial charge in [-0.3, -0.25) is 10.1 Å². The molecule has 0 radical (unpaired) electrons. The smallest absolute Gasteiger partial charge is 0.216 e. The molecule has 1 unspecified atom stereocenters. The third-order valence-corrected chi connectivity index (χ3v) is 4.84. The van der Waals surface area contributed by atoms with E-state index in [4.69, 9.17) is 13.6 Å². The SMILES string of the molecule is CCNC(=NCCc1nc(-c2ccco2)n[nH]1)NC(C)c1cc2cccc(OCC)c2o1.I. The summed E-state index contributed by atoms with van der Waals surface area (Å²) in [5, 5.41) is 14.8. The van der Waals surface area contributed by atoms with Gasteiger partial charge in [0, 0.05) is 24.9 Å². The molecule has 0 aliphatic carbocycles. The van der Waals surface area contributed by atoms with Crippen molar-refractivity contribution in [2.24, 2.45) is 4.99 Å². The van der Waals surface area contributed by atoms with Gasteiger partial charge in [-0.25, -0.2) is 4.98 Å². The Morgan fingerprint density at radius 1 is 1.24 bits per heavy atom. The molecular formula is C23H29IN6O3. The number of ether oxygens (including phenoxy) is 1. The summed E-state index contributed by atoms with van der Waals surface area (Å²) in [6.45, 7) is 7.92. The normalized spacial score (nSPS) is 12.4. The number of aromatic nitrogens is 3. The molecule has 0 aliphatic rings. The van der Waals surface area contributed by atoms with E-state index in [-0.39, 0.29) is 30.0 Å². The maximum Gasteiger partial charge on any atom is 0.216 e. The molecule has 0 saturated heterocycles. The summed E-state index contributed by atoms with van der Waals surface area (Å²) < 4.78 is 17.1. The monoisotopic (exact) mass is 564 g/mol. The van der Waals surface area contributed by atoms with Crippen LogP contribution in [-0.2, 0) is 6.42 Å². The second-order valence-corrected chi connectivity index (χ2v) is 7.22. The number of aliphatic imine (C=N–C) groups is 1. The summed E-state index contributed by atoms with van der Waals surface area (Å²) in [7, 11) is 0. The Hall–Kier alpha value is -3.02. The molecule has 1 atom stereocenters. The number of aromatic amines is 1. The zero-order chi connectivity index (χ0) is 22.3. The number of halogens is 1. The standard InChI is InChI=1S/C23H28N6O3.HI/c1-4-24-23(25-12-11-20-27-22(29-28-20)18-10-7-13-31-18)26-15(3)19-14-16-8-6-9-17(30-5-2)21(16)32-19;/h6-10,13-15H,4-5,11-12H2,1-3H3,(H2,24,25,26)(H,27,28,29);1H. The van der Waals surface area contributed by atoms with Crippen LogP contribution in [0.3, 0.4) is 0 Å². The number of nitrogens with one attached hydrogen (secondary N) is 3. The van der Waals surface area contributed by atoms with E-state index in [0.29, 0.717) is 37.1 Å². The largest absolute Gasteiger partial charge is 0.490 e. The topological polar surface area (TPSA) is 114 Å². The van der Waals surface area contributed by atoms with Gasteiger partial charge >= 0.3 is 0 Å². The highest BCUT2D eigenvalue weighted by molar-refractivity contribution is 14.0. The van der Waals surface area contributed by atoms with Crippen molar-refractivity contribution >= 4 is 40.9 Å². The van der Waals surface area contributed by atoms with E-state index in [0.717, 1.165) is 34.8 Å². The number of H-pyrrole nitrogens is 1. The molecule has 0 amide bonds. The van der Waals surface area contributed by atoms with Crippen LogP contribution in [0.1, 0.15) is 38.4 Å². The van der Waals surface area contributed by atoms with Gasteiger partial charge < -0.3 is 24.2 Å². The lowest BCUT2D eigenvalue weighted by atomic mass is 10.2. The molecule has 0 bridgehead atoms. The zero-order valence-electron chi connectivity index (χ0n) is 18.9. The number of hydrogen-bond donors (Lipinski definition) is 3. The molecule has 10 heteroatoms. The van der Waals surface area contributed by atoms with Crippen molar-refractivity contribution in [3.05, 3.63) is 54.2 Å². The number of guanidine groups is 1.